The second-order valence-corrected chi connectivity index (χ2v) is 4.79. The van der Waals surface area contributed by atoms with Crippen LogP contribution in [0.4, 0.5) is 0 Å². The fourth-order valence-electron chi connectivity index (χ4n) is 1.07. The van der Waals surface area contributed by atoms with Gasteiger partial charge in [-0.1, -0.05) is 13.3 Å². The van der Waals surface area contributed by atoms with Crippen LogP contribution < -0.4 is 0 Å². The maximum absolute atomic E-state index is 12.1. The van der Waals surface area contributed by atoms with E-state index in [2.05, 4.69) is 0 Å². The minimum atomic E-state index is -3.23. The molecule has 0 aliphatic rings. The van der Waals surface area contributed by atoms with Crippen LogP contribution in [0.15, 0.2) is 11.6 Å². The van der Waals surface area contributed by atoms with E-state index in [1.165, 1.54) is 0 Å². The summed E-state index contributed by atoms with van der Waals surface area (Å²) >= 11 is 0. The second kappa shape index (κ2) is 7.04. The molecular formula is C9H19O4P. The molecule has 0 rings (SSSR count). The average molecular weight is 222 g/mol. The first-order valence-electron chi connectivity index (χ1n) is 4.87. The smallest absolute Gasteiger partial charge is 0.360 e. The van der Waals surface area contributed by atoms with E-state index in [0.29, 0.717) is 24.9 Å². The van der Waals surface area contributed by atoms with Crippen molar-refractivity contribution in [1.29, 1.82) is 0 Å². The zero-order valence-electron chi connectivity index (χ0n) is 9.02. The Morgan fingerprint density at radius 2 is 1.79 bits per heavy atom. The van der Waals surface area contributed by atoms with Crippen molar-refractivity contribution < 1.29 is 18.7 Å². The molecule has 0 heterocycles. The lowest BCUT2D eigenvalue weighted by Gasteiger charge is -2.18. The first kappa shape index (κ1) is 13.7. The predicted molar refractivity (Wildman–Crippen MR) is 56.5 cm³/mol. The third-order valence-corrected chi connectivity index (χ3v) is 3.84. The van der Waals surface area contributed by atoms with Crippen LogP contribution in [0.3, 0.4) is 0 Å². The number of aliphatic hydroxyl groups is 1. The topological polar surface area (TPSA) is 55.8 Å². The normalized spacial score (nSPS) is 13.2. The second-order valence-electron chi connectivity index (χ2n) is 2.70. The summed E-state index contributed by atoms with van der Waals surface area (Å²) in [6.45, 7) is 6.03. The van der Waals surface area contributed by atoms with E-state index in [-0.39, 0.29) is 0 Å². The van der Waals surface area contributed by atoms with Crippen molar-refractivity contribution in [3.05, 3.63) is 11.6 Å². The van der Waals surface area contributed by atoms with Crippen molar-refractivity contribution in [2.24, 2.45) is 0 Å². The zero-order chi connectivity index (χ0) is 11.0. The average Bonchev–Trinajstić information content (AvgIpc) is 2.14. The third kappa shape index (κ3) is 3.82. The molecule has 0 aliphatic carbocycles. The molecule has 0 radical (unpaired) electrons. The highest BCUT2D eigenvalue weighted by Crippen LogP contribution is 2.57. The van der Waals surface area contributed by atoms with Gasteiger partial charge in [0.2, 0.25) is 0 Å². The van der Waals surface area contributed by atoms with Crippen molar-refractivity contribution in [2.45, 2.75) is 33.6 Å². The van der Waals surface area contributed by atoms with Crippen LogP contribution in [0.2, 0.25) is 0 Å². The zero-order valence-corrected chi connectivity index (χ0v) is 9.92. The molecule has 0 saturated heterocycles. The van der Waals surface area contributed by atoms with Crippen molar-refractivity contribution in [1.82, 2.24) is 0 Å². The molecule has 4 nitrogen and oxygen atoms in total. The maximum atomic E-state index is 12.1. The lowest BCUT2D eigenvalue weighted by molar-refractivity contribution is 0.224. The van der Waals surface area contributed by atoms with E-state index in [9.17, 15) is 4.57 Å². The molecule has 0 saturated carbocycles. The van der Waals surface area contributed by atoms with E-state index in [4.69, 9.17) is 14.2 Å². The van der Waals surface area contributed by atoms with Gasteiger partial charge in [-0.15, -0.1) is 0 Å². The minimum Gasteiger partial charge on any atom is -0.515 e. The van der Waals surface area contributed by atoms with Crippen LogP contribution in [0.25, 0.3) is 0 Å². The quantitative estimate of drug-likeness (QED) is 0.529. The van der Waals surface area contributed by atoms with Gasteiger partial charge >= 0.3 is 7.60 Å². The number of hydrogen-bond acceptors (Lipinski definition) is 4. The highest BCUT2D eigenvalue weighted by Gasteiger charge is 2.28. The molecule has 84 valence electrons. The van der Waals surface area contributed by atoms with Gasteiger partial charge in [0.1, 0.15) is 0 Å². The first-order valence-corrected chi connectivity index (χ1v) is 6.41. The van der Waals surface area contributed by atoms with Crippen molar-refractivity contribution in [3.63, 3.8) is 0 Å². The van der Waals surface area contributed by atoms with Gasteiger partial charge in [-0.05, 0) is 20.3 Å². The minimum absolute atomic E-state index is 0.304. The largest absolute Gasteiger partial charge is 0.515 e. The van der Waals surface area contributed by atoms with Gasteiger partial charge in [-0.25, -0.2) is 0 Å². The van der Waals surface area contributed by atoms with Crippen LogP contribution in [0.5, 0.6) is 0 Å². The molecule has 0 aromatic carbocycles. The highest BCUT2D eigenvalue weighted by atomic mass is 31.2. The van der Waals surface area contributed by atoms with Crippen LogP contribution in [0.1, 0.15) is 33.6 Å². The van der Waals surface area contributed by atoms with Gasteiger partial charge in [0.25, 0.3) is 0 Å². The Hall–Kier alpha value is -0.310. The van der Waals surface area contributed by atoms with E-state index < -0.39 is 7.60 Å². The molecule has 0 unspecified atom stereocenters. The Labute approximate surface area is 85.5 Å². The SMILES string of the molecule is CCC/C(=C/O)P(=O)(OCC)OCC. The molecule has 0 amide bonds. The molecule has 0 aromatic rings. The molecule has 5 heteroatoms. The first-order chi connectivity index (χ1) is 6.64. The number of allylic oxidation sites excluding steroid dienone is 1. The molecule has 0 fully saturated rings. The van der Waals surface area contributed by atoms with Gasteiger partial charge in [0.05, 0.1) is 24.8 Å². The standard InChI is InChI=1S/C9H19O4P/c1-4-7-9(8-10)14(11,12-5-2)13-6-3/h8,10H,4-7H2,1-3H3/b9-8-. The van der Waals surface area contributed by atoms with E-state index in [0.717, 1.165) is 12.7 Å². The summed E-state index contributed by atoms with van der Waals surface area (Å²) in [7, 11) is -3.23. The summed E-state index contributed by atoms with van der Waals surface area (Å²) in [5.41, 5.74) is 0. The summed E-state index contributed by atoms with van der Waals surface area (Å²) < 4.78 is 22.2. The summed E-state index contributed by atoms with van der Waals surface area (Å²) in [5, 5.41) is 9.30. The maximum Gasteiger partial charge on any atom is 0.360 e. The van der Waals surface area contributed by atoms with Crippen LogP contribution in [-0.2, 0) is 13.6 Å². The van der Waals surface area contributed by atoms with Crippen molar-refractivity contribution in [2.75, 3.05) is 13.2 Å². The fourth-order valence-corrected chi connectivity index (χ4v) is 2.80. The van der Waals surface area contributed by atoms with Gasteiger partial charge in [-0.3, -0.25) is 4.57 Å². The van der Waals surface area contributed by atoms with Crippen LogP contribution in [-0.4, -0.2) is 18.3 Å². The number of aliphatic hydroxyl groups excluding tert-OH is 1. The summed E-state index contributed by atoms with van der Waals surface area (Å²) in [6.07, 6.45) is 2.15. The van der Waals surface area contributed by atoms with Gasteiger partial charge in [0, 0.05) is 0 Å². The summed E-state index contributed by atoms with van der Waals surface area (Å²) in [6, 6.07) is 0. The molecule has 14 heavy (non-hydrogen) atoms. The van der Waals surface area contributed by atoms with E-state index in [1.807, 2.05) is 6.92 Å². The predicted octanol–water partition coefficient (Wildman–Crippen LogP) is 3.45. The Kier molecular flexibility index (Phi) is 6.89. The van der Waals surface area contributed by atoms with Gasteiger partial charge < -0.3 is 14.2 Å². The molecule has 0 bridgehead atoms. The highest BCUT2D eigenvalue weighted by molar-refractivity contribution is 7.58. The molecule has 0 aliphatic heterocycles. The lowest BCUT2D eigenvalue weighted by Crippen LogP contribution is -1.99. The molecular weight excluding hydrogens is 203 g/mol. The molecule has 0 aromatic heterocycles. The Morgan fingerprint density at radius 1 is 1.29 bits per heavy atom. The fraction of sp³-hybridized carbons (Fsp3) is 0.778. The third-order valence-electron chi connectivity index (χ3n) is 1.61. The monoisotopic (exact) mass is 222 g/mol. The number of hydrogen-bond donors (Lipinski definition) is 1. The van der Waals surface area contributed by atoms with Crippen LogP contribution >= 0.6 is 7.60 Å². The molecule has 0 spiro atoms. The summed E-state index contributed by atoms with van der Waals surface area (Å²) in [4.78, 5) is 0. The molecule has 0 atom stereocenters. The van der Waals surface area contributed by atoms with Gasteiger partial charge in [-0.2, -0.15) is 0 Å². The van der Waals surface area contributed by atoms with E-state index in [1.54, 1.807) is 13.8 Å². The van der Waals surface area contributed by atoms with Crippen molar-refractivity contribution >= 4 is 7.60 Å². The summed E-state index contributed by atoms with van der Waals surface area (Å²) in [5.74, 6) is 0. The van der Waals surface area contributed by atoms with Gasteiger partial charge in [0.15, 0.2) is 0 Å². The van der Waals surface area contributed by atoms with Crippen molar-refractivity contribution in [3.8, 4) is 0 Å². The van der Waals surface area contributed by atoms with Crippen LogP contribution in [0, 0.1) is 0 Å². The Balaban J connectivity index is 4.68. The lowest BCUT2D eigenvalue weighted by atomic mass is 10.3. The Morgan fingerprint density at radius 3 is 2.07 bits per heavy atom. The Bertz CT molecular complexity index is 215. The number of rotatable bonds is 7. The van der Waals surface area contributed by atoms with E-state index >= 15 is 0 Å². The molecule has 1 N–H and O–H groups in total.